The Hall–Kier alpha value is -3.17. The first-order chi connectivity index (χ1) is 17.8. The zero-order chi connectivity index (χ0) is 26.4. The number of amides is 1. The highest BCUT2D eigenvalue weighted by Crippen LogP contribution is 2.26. The van der Waals surface area contributed by atoms with Crippen LogP contribution in [0.2, 0.25) is 0 Å². The molecule has 2 aromatic heterocycles. The minimum absolute atomic E-state index is 0.0180. The molecule has 1 aromatic carbocycles. The molecule has 12 nitrogen and oxygen atoms in total. The van der Waals surface area contributed by atoms with Crippen molar-refractivity contribution in [1.82, 2.24) is 14.3 Å². The number of likely N-dealkylation sites (N-methyl/N-ethyl adjacent to an activating group) is 1. The molecule has 37 heavy (non-hydrogen) atoms. The Kier molecular flexibility index (Phi) is 8.66. The third kappa shape index (κ3) is 6.22. The number of hydrogen-bond donors (Lipinski definition) is 2. The zero-order valence-electron chi connectivity index (χ0n) is 20.3. The summed E-state index contributed by atoms with van der Waals surface area (Å²) in [5, 5.41) is 16.3. The highest BCUT2D eigenvalue weighted by molar-refractivity contribution is 7.89. The van der Waals surface area contributed by atoms with Gasteiger partial charge in [0.25, 0.3) is 5.91 Å². The Labute approximate surface area is 217 Å². The molecule has 1 saturated heterocycles. The molecule has 1 atom stereocenters. The van der Waals surface area contributed by atoms with Crippen LogP contribution >= 0.6 is 11.3 Å². The smallest absolute Gasteiger partial charge is 0.280 e. The van der Waals surface area contributed by atoms with Crippen molar-refractivity contribution in [2.24, 2.45) is 5.16 Å². The number of carbonyl (C=O) groups is 1. The number of thiazole rings is 1. The maximum absolute atomic E-state index is 13.3. The van der Waals surface area contributed by atoms with Gasteiger partial charge >= 0.3 is 0 Å². The van der Waals surface area contributed by atoms with Crippen molar-refractivity contribution >= 4 is 48.5 Å². The number of aromatic nitrogens is 2. The van der Waals surface area contributed by atoms with Gasteiger partial charge < -0.3 is 19.4 Å². The molecule has 1 fully saturated rings. The molecule has 1 aliphatic rings. The molecule has 1 amide bonds. The molecule has 2 N–H and O–H groups in total. The molecule has 0 radical (unpaired) electrons. The van der Waals surface area contributed by atoms with E-state index in [2.05, 4.69) is 20.4 Å². The van der Waals surface area contributed by atoms with Gasteiger partial charge in [-0.1, -0.05) is 35.5 Å². The van der Waals surface area contributed by atoms with E-state index < -0.39 is 15.9 Å². The first kappa shape index (κ1) is 26.9. The highest BCUT2D eigenvalue weighted by Gasteiger charge is 2.25. The molecule has 198 valence electrons. The Morgan fingerprint density at radius 1 is 1.27 bits per heavy atom. The van der Waals surface area contributed by atoms with E-state index in [0.717, 1.165) is 0 Å². The van der Waals surface area contributed by atoms with Crippen LogP contribution < -0.4 is 10.1 Å². The predicted octanol–water partition coefficient (Wildman–Crippen LogP) is 1.85. The van der Waals surface area contributed by atoms with E-state index in [0.29, 0.717) is 46.6 Å². The summed E-state index contributed by atoms with van der Waals surface area (Å²) in [5.41, 5.74) is 0.890. The molecular weight excluding hydrogens is 522 g/mol. The van der Waals surface area contributed by atoms with Gasteiger partial charge in [-0.15, -0.1) is 0 Å². The van der Waals surface area contributed by atoms with E-state index in [1.165, 1.54) is 47.0 Å². The van der Waals surface area contributed by atoms with E-state index in [1.807, 2.05) is 0 Å². The standard InChI is InChI=1S/C23H27N5O7S2/c1-3-28(11-12-29)37(31,32)17-6-4-15(5-7-17)20(27-35-16-10-13-34-14-16)21(30)26-23-24-18-8-9-19(33-2)25-22(18)36-23/h4-9,16,29H,3,10-14H2,1-2H3,(H,24,26,30)/b27-20+/t16-/m1/s1. The van der Waals surface area contributed by atoms with E-state index in [-0.39, 0.29) is 36.4 Å². The Balaban J connectivity index is 1.60. The number of aliphatic hydroxyl groups excluding tert-OH is 1. The Morgan fingerprint density at radius 2 is 2.05 bits per heavy atom. The monoisotopic (exact) mass is 549 g/mol. The lowest BCUT2D eigenvalue weighted by Gasteiger charge is -2.19. The van der Waals surface area contributed by atoms with Crippen molar-refractivity contribution in [2.45, 2.75) is 24.3 Å². The lowest BCUT2D eigenvalue weighted by atomic mass is 10.1. The number of anilines is 1. The fraction of sp³-hybridized carbons (Fsp3) is 0.391. The summed E-state index contributed by atoms with van der Waals surface area (Å²) < 4.78 is 37.4. The van der Waals surface area contributed by atoms with Crippen LogP contribution in [0.5, 0.6) is 5.88 Å². The van der Waals surface area contributed by atoms with Gasteiger partial charge in [-0.25, -0.2) is 18.4 Å². The molecule has 0 saturated carbocycles. The second-order valence-electron chi connectivity index (χ2n) is 7.93. The Bertz CT molecular complexity index is 1370. The summed E-state index contributed by atoms with van der Waals surface area (Å²) in [7, 11) is -2.30. The number of carbonyl (C=O) groups excluding carboxylic acids is 1. The zero-order valence-corrected chi connectivity index (χ0v) is 21.9. The summed E-state index contributed by atoms with van der Waals surface area (Å²) >= 11 is 1.17. The maximum Gasteiger partial charge on any atom is 0.280 e. The number of nitrogens with one attached hydrogen (secondary N) is 1. The fourth-order valence-electron chi connectivity index (χ4n) is 3.57. The van der Waals surface area contributed by atoms with Crippen LogP contribution in [0.25, 0.3) is 10.3 Å². The minimum atomic E-state index is -3.81. The topological polar surface area (TPSA) is 153 Å². The molecule has 1 aliphatic heterocycles. The summed E-state index contributed by atoms with van der Waals surface area (Å²) in [6.07, 6.45) is 0.344. The number of hydrogen-bond acceptors (Lipinski definition) is 11. The third-order valence-electron chi connectivity index (χ3n) is 5.52. The van der Waals surface area contributed by atoms with Gasteiger partial charge in [-0.05, 0) is 18.2 Å². The largest absolute Gasteiger partial charge is 0.481 e. The Morgan fingerprint density at radius 3 is 2.70 bits per heavy atom. The van der Waals surface area contributed by atoms with E-state index in [4.69, 9.17) is 14.3 Å². The summed E-state index contributed by atoms with van der Waals surface area (Å²) in [6, 6.07) is 9.16. The van der Waals surface area contributed by atoms with E-state index in [1.54, 1.807) is 19.1 Å². The number of pyridine rings is 1. The SMILES string of the molecule is CCN(CCO)S(=O)(=O)c1ccc(/C(=N\O[C@@H]2CCOC2)C(=O)Nc2nc3ccc(OC)nc3s2)cc1. The lowest BCUT2D eigenvalue weighted by molar-refractivity contribution is -0.110. The second kappa shape index (κ2) is 11.9. The molecule has 0 aliphatic carbocycles. The van der Waals surface area contributed by atoms with Crippen molar-refractivity contribution in [3.8, 4) is 5.88 Å². The second-order valence-corrected chi connectivity index (χ2v) is 10.8. The van der Waals surface area contributed by atoms with Crippen LogP contribution in [0.15, 0.2) is 46.4 Å². The van der Waals surface area contributed by atoms with Crippen molar-refractivity contribution in [2.75, 3.05) is 45.3 Å². The fourth-order valence-corrected chi connectivity index (χ4v) is 5.83. The highest BCUT2D eigenvalue weighted by atomic mass is 32.2. The number of rotatable bonds is 11. The van der Waals surface area contributed by atoms with Gasteiger partial charge in [-0.3, -0.25) is 10.1 Å². The van der Waals surface area contributed by atoms with Crippen molar-refractivity contribution in [3.05, 3.63) is 42.0 Å². The van der Waals surface area contributed by atoms with Crippen molar-refractivity contribution < 1.29 is 32.6 Å². The molecular formula is C23H27N5O7S2. The van der Waals surface area contributed by atoms with Crippen LogP contribution in [-0.4, -0.2) is 85.5 Å². The molecule has 3 heterocycles. The number of oxime groups is 1. The van der Waals surface area contributed by atoms with E-state index >= 15 is 0 Å². The predicted molar refractivity (Wildman–Crippen MR) is 137 cm³/mol. The van der Waals surface area contributed by atoms with Crippen LogP contribution in [-0.2, 0) is 24.4 Å². The number of benzene rings is 1. The van der Waals surface area contributed by atoms with Crippen LogP contribution in [0.3, 0.4) is 0 Å². The third-order valence-corrected chi connectivity index (χ3v) is 8.39. The molecule has 3 aromatic rings. The average molecular weight is 550 g/mol. The first-order valence-electron chi connectivity index (χ1n) is 11.5. The van der Waals surface area contributed by atoms with E-state index in [9.17, 15) is 18.3 Å². The quantitative estimate of drug-likeness (QED) is 0.270. The normalized spacial score (nSPS) is 16.3. The molecule has 14 heteroatoms. The van der Waals surface area contributed by atoms with Gasteiger partial charge in [-0.2, -0.15) is 4.31 Å². The molecule has 0 spiro atoms. The number of ether oxygens (including phenoxy) is 2. The van der Waals surface area contributed by atoms with Crippen molar-refractivity contribution in [3.63, 3.8) is 0 Å². The van der Waals surface area contributed by atoms with Crippen LogP contribution in [0, 0.1) is 0 Å². The minimum Gasteiger partial charge on any atom is -0.481 e. The summed E-state index contributed by atoms with van der Waals surface area (Å²) in [6.45, 7) is 2.49. The number of fused-ring (bicyclic) bond motifs is 1. The number of sulfonamides is 1. The van der Waals surface area contributed by atoms with Gasteiger partial charge in [0.05, 0.1) is 31.8 Å². The van der Waals surface area contributed by atoms with Crippen LogP contribution in [0.1, 0.15) is 18.9 Å². The molecule has 4 rings (SSSR count). The van der Waals surface area contributed by atoms with Crippen molar-refractivity contribution in [1.29, 1.82) is 0 Å². The first-order valence-corrected chi connectivity index (χ1v) is 13.8. The van der Waals surface area contributed by atoms with Gasteiger partial charge in [0.2, 0.25) is 15.9 Å². The van der Waals surface area contributed by atoms with Gasteiger partial charge in [0.15, 0.2) is 16.9 Å². The summed E-state index contributed by atoms with van der Waals surface area (Å²) in [4.78, 5) is 28.1. The number of methoxy groups -OCH3 is 1. The lowest BCUT2D eigenvalue weighted by Crippen LogP contribution is -2.33. The van der Waals surface area contributed by atoms with Crippen LogP contribution in [0.4, 0.5) is 5.13 Å². The maximum atomic E-state index is 13.3. The number of nitrogens with zero attached hydrogens (tertiary/aromatic N) is 4. The molecule has 0 unspecified atom stereocenters. The average Bonchev–Trinajstić information content (AvgIpc) is 3.56. The van der Waals surface area contributed by atoms with Gasteiger partial charge in [0.1, 0.15) is 10.3 Å². The number of aliphatic hydroxyl groups is 1. The molecule has 0 bridgehead atoms. The van der Waals surface area contributed by atoms with Gasteiger partial charge in [0, 0.05) is 31.1 Å². The summed E-state index contributed by atoms with van der Waals surface area (Å²) in [5.74, 6) is -0.157.